The Morgan fingerprint density at radius 1 is 1.21 bits per heavy atom. The summed E-state index contributed by atoms with van der Waals surface area (Å²) in [4.78, 5) is 13.4. The van der Waals surface area contributed by atoms with Crippen molar-refractivity contribution in [2.75, 3.05) is 18.5 Å². The number of nitrogens with zero attached hydrogens (tertiary/aromatic N) is 4. The molecule has 7 nitrogen and oxygen atoms in total. The van der Waals surface area contributed by atoms with E-state index < -0.39 is 0 Å². The van der Waals surface area contributed by atoms with Gasteiger partial charge in [0.25, 0.3) is 0 Å². The summed E-state index contributed by atoms with van der Waals surface area (Å²) in [6.07, 6.45) is 5.80. The molecule has 4 aromatic rings. The van der Waals surface area contributed by atoms with Crippen LogP contribution >= 0.6 is 0 Å². The monoisotopic (exact) mass is 381 g/mol. The molecule has 0 radical (unpaired) electrons. The molecule has 4 rings (SSSR count). The quantitative estimate of drug-likeness (QED) is 0.508. The van der Waals surface area contributed by atoms with Crippen molar-refractivity contribution in [1.29, 1.82) is 0 Å². The zero-order valence-corrected chi connectivity index (χ0v) is 15.3. The molecule has 3 heterocycles. The number of nitrogens with one attached hydrogen (secondary N) is 1. The molecule has 1 atom stereocenters. The average Bonchev–Trinajstić information content (AvgIpc) is 3.30. The number of anilines is 1. The van der Waals surface area contributed by atoms with Crippen LogP contribution in [0.5, 0.6) is 0 Å². The highest BCUT2D eigenvalue weighted by atomic mass is 19.1. The molecule has 144 valence electrons. The summed E-state index contributed by atoms with van der Waals surface area (Å²) < 4.78 is 20.6. The number of hydrogen-bond acceptors (Lipinski definition) is 6. The molecule has 1 aromatic carbocycles. The maximum atomic E-state index is 13.3. The lowest BCUT2D eigenvalue weighted by Crippen LogP contribution is -2.11. The number of aliphatic hydroxyl groups is 1. The Kier molecular flexibility index (Phi) is 5.03. The molecule has 0 saturated carbocycles. The van der Waals surface area contributed by atoms with Crippen molar-refractivity contribution in [2.45, 2.75) is 13.3 Å². The third-order valence-corrected chi connectivity index (χ3v) is 4.51. The first-order valence-corrected chi connectivity index (χ1v) is 9.05. The van der Waals surface area contributed by atoms with Crippen LogP contribution in [0.2, 0.25) is 0 Å². The molecular weight excluding hydrogens is 361 g/mol. The number of halogens is 1. The first kappa shape index (κ1) is 18.1. The zero-order chi connectivity index (χ0) is 19.5. The minimum absolute atomic E-state index is 0.151. The van der Waals surface area contributed by atoms with Crippen LogP contribution in [0.15, 0.2) is 53.4 Å². The summed E-state index contributed by atoms with van der Waals surface area (Å²) in [7, 11) is 0. The Balaban J connectivity index is 1.70. The number of aromatic nitrogens is 4. The average molecular weight is 381 g/mol. The molecule has 0 amide bonds. The molecule has 0 bridgehead atoms. The smallest absolute Gasteiger partial charge is 0.306 e. The molecule has 3 aromatic heterocycles. The Morgan fingerprint density at radius 3 is 2.82 bits per heavy atom. The fourth-order valence-corrected chi connectivity index (χ4v) is 2.94. The summed E-state index contributed by atoms with van der Waals surface area (Å²) in [5.41, 5.74) is 2.82. The van der Waals surface area contributed by atoms with Gasteiger partial charge in [-0.25, -0.2) is 14.4 Å². The molecule has 0 fully saturated rings. The minimum atomic E-state index is -0.307. The summed E-state index contributed by atoms with van der Waals surface area (Å²) in [5, 5.41) is 12.3. The van der Waals surface area contributed by atoms with Gasteiger partial charge >= 0.3 is 5.84 Å². The lowest BCUT2D eigenvalue weighted by Gasteiger charge is -2.10. The fourth-order valence-electron chi connectivity index (χ4n) is 2.94. The third kappa shape index (κ3) is 3.59. The van der Waals surface area contributed by atoms with Gasteiger partial charge in [-0.2, -0.15) is 4.98 Å². The highest BCUT2D eigenvalue weighted by molar-refractivity contribution is 5.79. The van der Waals surface area contributed by atoms with E-state index in [1.807, 2.05) is 6.92 Å². The second-order valence-corrected chi connectivity index (χ2v) is 6.64. The predicted molar refractivity (Wildman–Crippen MR) is 103 cm³/mol. The van der Waals surface area contributed by atoms with Gasteiger partial charge in [0.2, 0.25) is 5.95 Å². The van der Waals surface area contributed by atoms with E-state index in [-0.39, 0.29) is 18.3 Å². The lowest BCUT2D eigenvalue weighted by molar-refractivity contribution is 0.233. The van der Waals surface area contributed by atoms with E-state index in [0.29, 0.717) is 29.7 Å². The van der Waals surface area contributed by atoms with Gasteiger partial charge in [0.15, 0.2) is 0 Å². The summed E-state index contributed by atoms with van der Waals surface area (Å²) >= 11 is 0. The van der Waals surface area contributed by atoms with Crippen molar-refractivity contribution >= 4 is 11.8 Å². The van der Waals surface area contributed by atoms with E-state index in [1.165, 1.54) is 12.1 Å². The Bertz CT molecular complexity index is 1070. The SMILES string of the molecule is CC(CO)CCNc1nccc(-c2c(-c3ccc(F)cc3)nc3occn23)n1. The highest BCUT2D eigenvalue weighted by Crippen LogP contribution is 2.32. The number of benzene rings is 1. The van der Waals surface area contributed by atoms with Crippen LogP contribution in [-0.2, 0) is 0 Å². The van der Waals surface area contributed by atoms with Gasteiger partial charge in [0, 0.05) is 31.1 Å². The van der Waals surface area contributed by atoms with Gasteiger partial charge in [-0.15, -0.1) is 0 Å². The van der Waals surface area contributed by atoms with Crippen LogP contribution in [0.3, 0.4) is 0 Å². The Hall–Kier alpha value is -3.26. The summed E-state index contributed by atoms with van der Waals surface area (Å²) in [6.45, 7) is 2.79. The van der Waals surface area contributed by atoms with E-state index in [4.69, 9.17) is 9.52 Å². The number of aliphatic hydroxyl groups excluding tert-OH is 1. The van der Waals surface area contributed by atoms with Crippen LogP contribution in [-0.4, -0.2) is 37.6 Å². The van der Waals surface area contributed by atoms with Crippen molar-refractivity contribution in [3.05, 3.63) is 54.8 Å². The van der Waals surface area contributed by atoms with Crippen LogP contribution < -0.4 is 5.32 Å². The van der Waals surface area contributed by atoms with E-state index in [0.717, 1.165) is 17.7 Å². The van der Waals surface area contributed by atoms with E-state index in [9.17, 15) is 4.39 Å². The highest BCUT2D eigenvalue weighted by Gasteiger charge is 2.19. The third-order valence-electron chi connectivity index (χ3n) is 4.51. The van der Waals surface area contributed by atoms with Gasteiger partial charge in [-0.1, -0.05) is 6.92 Å². The fraction of sp³-hybridized carbons (Fsp3) is 0.250. The molecule has 0 spiro atoms. The van der Waals surface area contributed by atoms with Crippen LogP contribution in [0.4, 0.5) is 10.3 Å². The maximum absolute atomic E-state index is 13.3. The molecule has 0 aliphatic carbocycles. The molecular formula is C20H20FN5O2. The zero-order valence-electron chi connectivity index (χ0n) is 15.3. The first-order chi connectivity index (χ1) is 13.7. The second kappa shape index (κ2) is 7.77. The van der Waals surface area contributed by atoms with E-state index in [1.54, 1.807) is 41.3 Å². The number of hydrogen-bond donors (Lipinski definition) is 2. The van der Waals surface area contributed by atoms with Crippen molar-refractivity contribution in [3.8, 4) is 22.6 Å². The van der Waals surface area contributed by atoms with E-state index >= 15 is 0 Å². The molecule has 0 saturated heterocycles. The predicted octanol–water partition coefficient (Wildman–Crippen LogP) is 3.62. The summed E-state index contributed by atoms with van der Waals surface area (Å²) in [5.74, 6) is 0.824. The molecule has 0 aliphatic heterocycles. The van der Waals surface area contributed by atoms with Gasteiger partial charge in [-0.3, -0.25) is 4.40 Å². The van der Waals surface area contributed by atoms with Crippen LogP contribution in [0.25, 0.3) is 28.5 Å². The minimum Gasteiger partial charge on any atom is -0.432 e. The Morgan fingerprint density at radius 2 is 2.04 bits per heavy atom. The molecule has 1 unspecified atom stereocenters. The van der Waals surface area contributed by atoms with Gasteiger partial charge in [0.05, 0.1) is 5.69 Å². The van der Waals surface area contributed by atoms with Gasteiger partial charge in [-0.05, 0) is 42.7 Å². The van der Waals surface area contributed by atoms with Crippen molar-refractivity contribution in [1.82, 2.24) is 19.4 Å². The number of oxazole rings is 1. The number of rotatable bonds is 7. The van der Waals surface area contributed by atoms with Crippen LogP contribution in [0.1, 0.15) is 13.3 Å². The van der Waals surface area contributed by atoms with Gasteiger partial charge < -0.3 is 14.8 Å². The number of imidazole rings is 1. The van der Waals surface area contributed by atoms with Crippen molar-refractivity contribution in [3.63, 3.8) is 0 Å². The topological polar surface area (TPSA) is 88.5 Å². The largest absolute Gasteiger partial charge is 0.432 e. The van der Waals surface area contributed by atoms with Gasteiger partial charge in [0.1, 0.15) is 23.5 Å². The molecule has 0 aliphatic rings. The molecule has 28 heavy (non-hydrogen) atoms. The van der Waals surface area contributed by atoms with Crippen molar-refractivity contribution < 1.29 is 13.9 Å². The Labute approximate surface area is 160 Å². The maximum Gasteiger partial charge on any atom is 0.306 e. The molecule has 8 heteroatoms. The standard InChI is InChI=1S/C20H20FN5O2/c1-13(12-27)6-8-22-19-23-9-7-16(24-19)18-17(14-2-4-15(21)5-3-14)25-20-26(18)10-11-28-20/h2-5,7,9-11,13,27H,6,8,12H2,1H3,(H,22,23,24). The second-order valence-electron chi connectivity index (χ2n) is 6.64. The van der Waals surface area contributed by atoms with E-state index in [2.05, 4.69) is 20.3 Å². The lowest BCUT2D eigenvalue weighted by atomic mass is 10.1. The first-order valence-electron chi connectivity index (χ1n) is 9.05. The number of fused-ring (bicyclic) bond motifs is 1. The van der Waals surface area contributed by atoms with Crippen molar-refractivity contribution in [2.24, 2.45) is 5.92 Å². The summed E-state index contributed by atoms with van der Waals surface area (Å²) in [6, 6.07) is 7.95. The normalized spacial score (nSPS) is 12.4. The molecule has 2 N–H and O–H groups in total. The van der Waals surface area contributed by atoms with Crippen LogP contribution in [0, 0.1) is 11.7 Å².